The summed E-state index contributed by atoms with van der Waals surface area (Å²) in [7, 11) is 0. The molecule has 0 saturated heterocycles. The highest BCUT2D eigenvalue weighted by molar-refractivity contribution is 5.71. The van der Waals surface area contributed by atoms with E-state index in [4.69, 9.17) is 14.2 Å². The Morgan fingerprint density at radius 2 is 0.541 bits per heavy atom. The molecule has 61 heavy (non-hydrogen) atoms. The predicted molar refractivity (Wildman–Crippen MR) is 261 cm³/mol. The van der Waals surface area contributed by atoms with Gasteiger partial charge in [-0.15, -0.1) is 0 Å². The largest absolute Gasteiger partial charge is 0.462 e. The molecule has 0 rings (SSSR count). The van der Waals surface area contributed by atoms with E-state index in [1.54, 1.807) is 0 Å². The number of hydrogen-bond acceptors (Lipinski definition) is 6. The molecule has 0 aromatic heterocycles. The number of hydrogen-bond donors (Lipinski definition) is 0. The molecule has 0 amide bonds. The van der Waals surface area contributed by atoms with Crippen LogP contribution in [0.2, 0.25) is 0 Å². The van der Waals surface area contributed by atoms with Crippen LogP contribution in [-0.2, 0) is 28.6 Å². The summed E-state index contributed by atoms with van der Waals surface area (Å²) < 4.78 is 16.8. The molecule has 0 bridgehead atoms. The number of rotatable bonds is 50. The zero-order chi connectivity index (χ0) is 44.5. The molecule has 0 radical (unpaired) electrons. The zero-order valence-electron chi connectivity index (χ0n) is 41.6. The summed E-state index contributed by atoms with van der Waals surface area (Å²) in [5, 5.41) is 0. The maximum Gasteiger partial charge on any atom is 0.306 e. The molecule has 0 N–H and O–H groups in total. The second kappa shape index (κ2) is 49.4. The first-order valence-corrected chi connectivity index (χ1v) is 27.4. The van der Waals surface area contributed by atoms with Crippen molar-refractivity contribution >= 4 is 17.9 Å². The molecule has 1 atom stereocenters. The Labute approximate surface area is 380 Å². The lowest BCUT2D eigenvalue weighted by Gasteiger charge is -2.18. The summed E-state index contributed by atoms with van der Waals surface area (Å²) in [6, 6.07) is 0. The molecule has 0 saturated carbocycles. The Bertz CT molecular complexity index is 918. The molecule has 362 valence electrons. The van der Waals surface area contributed by atoms with E-state index in [9.17, 15) is 14.4 Å². The van der Waals surface area contributed by atoms with Crippen molar-refractivity contribution in [2.24, 2.45) is 5.92 Å². The van der Waals surface area contributed by atoms with Crippen molar-refractivity contribution in [3.63, 3.8) is 0 Å². The van der Waals surface area contributed by atoms with Gasteiger partial charge >= 0.3 is 17.9 Å². The molecule has 0 spiro atoms. The topological polar surface area (TPSA) is 78.9 Å². The van der Waals surface area contributed by atoms with Gasteiger partial charge in [-0.05, 0) is 25.2 Å². The van der Waals surface area contributed by atoms with Crippen LogP contribution in [0.4, 0.5) is 0 Å². The number of esters is 3. The number of carbonyl (C=O) groups excluding carboxylic acids is 3. The SMILES string of the molecule is CCCCCCCCCCCCCCCC(=O)OC[C@@H](COC(=O)CCCCCCCCCCCCCCCCC(C)C)OC(=O)CCCCCCCCCCCCCCC. The van der Waals surface area contributed by atoms with Crippen molar-refractivity contribution < 1.29 is 28.6 Å². The Hall–Kier alpha value is -1.59. The first-order chi connectivity index (χ1) is 29.9. The van der Waals surface area contributed by atoms with Crippen LogP contribution in [0, 0.1) is 5.92 Å². The van der Waals surface area contributed by atoms with Gasteiger partial charge in [0.1, 0.15) is 13.2 Å². The van der Waals surface area contributed by atoms with Gasteiger partial charge in [0.2, 0.25) is 0 Å². The fourth-order valence-corrected chi connectivity index (χ4v) is 8.39. The van der Waals surface area contributed by atoms with Crippen LogP contribution in [-0.4, -0.2) is 37.2 Å². The molecule has 0 heterocycles. The quantitative estimate of drug-likeness (QED) is 0.0344. The van der Waals surface area contributed by atoms with Crippen LogP contribution in [0.5, 0.6) is 0 Å². The fraction of sp³-hybridized carbons (Fsp3) is 0.945. The first kappa shape index (κ1) is 59.4. The van der Waals surface area contributed by atoms with Crippen LogP contribution >= 0.6 is 0 Å². The van der Waals surface area contributed by atoms with Crippen LogP contribution in [0.15, 0.2) is 0 Å². The molecule has 0 unspecified atom stereocenters. The Kier molecular flexibility index (Phi) is 48.1. The molecule has 0 aliphatic heterocycles. The highest BCUT2D eigenvalue weighted by atomic mass is 16.6. The molecule has 6 nitrogen and oxygen atoms in total. The molecule has 0 aliphatic carbocycles. The van der Waals surface area contributed by atoms with E-state index in [-0.39, 0.29) is 31.1 Å². The van der Waals surface area contributed by atoms with Gasteiger partial charge in [0.15, 0.2) is 6.10 Å². The molecule has 0 fully saturated rings. The van der Waals surface area contributed by atoms with Gasteiger partial charge in [0, 0.05) is 19.3 Å². The minimum absolute atomic E-state index is 0.0622. The van der Waals surface area contributed by atoms with Gasteiger partial charge in [0.05, 0.1) is 0 Å². The van der Waals surface area contributed by atoms with Crippen molar-refractivity contribution in [1.82, 2.24) is 0 Å². The second-order valence-electron chi connectivity index (χ2n) is 19.3. The van der Waals surface area contributed by atoms with Crippen LogP contribution in [0.1, 0.15) is 310 Å². The molecule has 0 aliphatic rings. The summed E-state index contributed by atoms with van der Waals surface area (Å²) in [4.78, 5) is 38.0. The maximum absolute atomic E-state index is 12.8. The van der Waals surface area contributed by atoms with E-state index in [1.807, 2.05) is 0 Å². The number of unbranched alkanes of at least 4 members (excludes halogenated alkanes) is 37. The molecule has 0 aromatic rings. The van der Waals surface area contributed by atoms with Crippen LogP contribution in [0.25, 0.3) is 0 Å². The minimum Gasteiger partial charge on any atom is -0.462 e. The Morgan fingerprint density at radius 3 is 0.803 bits per heavy atom. The van der Waals surface area contributed by atoms with Crippen molar-refractivity contribution in [2.75, 3.05) is 13.2 Å². The van der Waals surface area contributed by atoms with Gasteiger partial charge in [-0.25, -0.2) is 0 Å². The van der Waals surface area contributed by atoms with Crippen molar-refractivity contribution in [1.29, 1.82) is 0 Å². The lowest BCUT2D eigenvalue weighted by molar-refractivity contribution is -0.167. The third kappa shape index (κ3) is 49.3. The van der Waals surface area contributed by atoms with E-state index < -0.39 is 6.10 Å². The lowest BCUT2D eigenvalue weighted by Crippen LogP contribution is -2.30. The lowest BCUT2D eigenvalue weighted by atomic mass is 10.0. The van der Waals surface area contributed by atoms with E-state index in [0.29, 0.717) is 19.3 Å². The Morgan fingerprint density at radius 1 is 0.311 bits per heavy atom. The van der Waals surface area contributed by atoms with Crippen molar-refractivity contribution in [3.05, 3.63) is 0 Å². The number of ether oxygens (including phenoxy) is 3. The van der Waals surface area contributed by atoms with E-state index in [2.05, 4.69) is 27.7 Å². The number of carbonyl (C=O) groups is 3. The van der Waals surface area contributed by atoms with E-state index in [1.165, 1.54) is 205 Å². The monoisotopic (exact) mass is 863 g/mol. The van der Waals surface area contributed by atoms with Gasteiger partial charge < -0.3 is 14.2 Å². The second-order valence-corrected chi connectivity index (χ2v) is 19.3. The smallest absolute Gasteiger partial charge is 0.306 e. The predicted octanol–water partition coefficient (Wildman–Crippen LogP) is 17.8. The van der Waals surface area contributed by atoms with Gasteiger partial charge in [0.25, 0.3) is 0 Å². The standard InChI is InChI=1S/C55H106O6/c1-5-7-9-11-13-15-17-21-26-30-34-38-42-46-53(56)59-49-52(61-55(58)48-44-40-36-32-28-22-18-16-14-12-10-8-6-2)50-60-54(57)47-43-39-35-31-27-24-20-19-23-25-29-33-37-41-45-51(3)4/h51-52H,5-50H2,1-4H3/t52-/m0/s1. The average Bonchev–Trinajstić information content (AvgIpc) is 3.24. The average molecular weight is 863 g/mol. The third-order valence-corrected chi connectivity index (χ3v) is 12.5. The summed E-state index contributed by atoms with van der Waals surface area (Å²) in [6.07, 6.45) is 52.3. The molecular weight excluding hydrogens is 757 g/mol. The van der Waals surface area contributed by atoms with Crippen LogP contribution < -0.4 is 0 Å². The molecular formula is C55H106O6. The Balaban J connectivity index is 4.28. The summed E-state index contributed by atoms with van der Waals surface area (Å²) in [6.45, 7) is 9.05. The van der Waals surface area contributed by atoms with E-state index in [0.717, 1.165) is 63.7 Å². The van der Waals surface area contributed by atoms with Gasteiger partial charge in [-0.1, -0.05) is 272 Å². The summed E-state index contributed by atoms with van der Waals surface area (Å²) >= 11 is 0. The van der Waals surface area contributed by atoms with Crippen LogP contribution in [0.3, 0.4) is 0 Å². The van der Waals surface area contributed by atoms with Crippen molar-refractivity contribution in [3.8, 4) is 0 Å². The fourth-order valence-electron chi connectivity index (χ4n) is 8.39. The summed E-state index contributed by atoms with van der Waals surface area (Å²) in [5.41, 5.74) is 0. The summed E-state index contributed by atoms with van der Waals surface area (Å²) in [5.74, 6) is 0.00568. The van der Waals surface area contributed by atoms with Gasteiger partial charge in [-0.2, -0.15) is 0 Å². The maximum atomic E-state index is 12.8. The molecule has 0 aromatic carbocycles. The minimum atomic E-state index is -0.760. The van der Waals surface area contributed by atoms with Gasteiger partial charge in [-0.3, -0.25) is 14.4 Å². The van der Waals surface area contributed by atoms with E-state index >= 15 is 0 Å². The first-order valence-electron chi connectivity index (χ1n) is 27.4. The normalized spacial score (nSPS) is 12.0. The zero-order valence-corrected chi connectivity index (χ0v) is 41.6. The highest BCUT2D eigenvalue weighted by Gasteiger charge is 2.19. The highest BCUT2D eigenvalue weighted by Crippen LogP contribution is 2.17. The third-order valence-electron chi connectivity index (χ3n) is 12.5. The van der Waals surface area contributed by atoms with Crippen molar-refractivity contribution in [2.45, 2.75) is 316 Å². The molecule has 6 heteroatoms.